The highest BCUT2D eigenvalue weighted by atomic mass is 32.1. The van der Waals surface area contributed by atoms with Crippen molar-refractivity contribution in [3.63, 3.8) is 0 Å². The Hall–Kier alpha value is -1.99. The van der Waals surface area contributed by atoms with Gasteiger partial charge < -0.3 is 10.1 Å². The molecule has 2 heterocycles. The zero-order valence-corrected chi connectivity index (χ0v) is 16.1. The molecule has 4 nitrogen and oxygen atoms in total. The minimum atomic E-state index is -0.334. The summed E-state index contributed by atoms with van der Waals surface area (Å²) in [5.41, 5.74) is 2.10. The molecule has 1 aliphatic rings. The monoisotopic (exact) mass is 390 g/mol. The first-order valence-electron chi connectivity index (χ1n) is 8.81. The number of rotatable bonds is 4. The molecule has 3 aromatic rings. The van der Waals surface area contributed by atoms with Crippen molar-refractivity contribution in [1.82, 2.24) is 4.98 Å². The topological polar surface area (TPSA) is 51.2 Å². The van der Waals surface area contributed by atoms with E-state index in [4.69, 9.17) is 4.74 Å². The summed E-state index contributed by atoms with van der Waals surface area (Å²) in [5, 5.41) is 4.61. The number of anilines is 2. The van der Waals surface area contributed by atoms with Crippen LogP contribution in [0.5, 0.6) is 0 Å². The number of para-hydroxylation sites is 1. The molecule has 0 radical (unpaired) electrons. The molecule has 0 spiro atoms. The summed E-state index contributed by atoms with van der Waals surface area (Å²) >= 11 is 2.98. The van der Waals surface area contributed by atoms with Crippen LogP contribution in [0.2, 0.25) is 0 Å². The summed E-state index contributed by atoms with van der Waals surface area (Å²) in [5.74, 6) is -0.624. The van der Waals surface area contributed by atoms with Crippen LogP contribution in [0.1, 0.15) is 47.0 Å². The number of hydrogen-bond donors (Lipinski definition) is 1. The van der Waals surface area contributed by atoms with Crippen molar-refractivity contribution < 1.29 is 13.9 Å². The second-order valence-electron chi connectivity index (χ2n) is 6.22. The van der Waals surface area contributed by atoms with Crippen LogP contribution < -0.4 is 5.32 Å². The second kappa shape index (κ2) is 7.32. The number of fused-ring (bicyclic) bond motifs is 2. The molecule has 0 fully saturated rings. The van der Waals surface area contributed by atoms with Gasteiger partial charge in [-0.05, 0) is 50.3 Å². The summed E-state index contributed by atoms with van der Waals surface area (Å²) < 4.78 is 20.0. The van der Waals surface area contributed by atoms with Crippen LogP contribution in [-0.4, -0.2) is 17.6 Å². The maximum atomic E-state index is 13.9. The van der Waals surface area contributed by atoms with E-state index in [9.17, 15) is 9.18 Å². The van der Waals surface area contributed by atoms with E-state index in [1.54, 1.807) is 17.4 Å². The van der Waals surface area contributed by atoms with E-state index >= 15 is 0 Å². The van der Waals surface area contributed by atoms with Gasteiger partial charge in [0.1, 0.15) is 16.3 Å². The molecular weight excluding hydrogens is 371 g/mol. The van der Waals surface area contributed by atoms with Gasteiger partial charge in [0.05, 0.1) is 16.9 Å². The van der Waals surface area contributed by atoms with Gasteiger partial charge in [0, 0.05) is 4.88 Å². The number of thiazole rings is 1. The van der Waals surface area contributed by atoms with Gasteiger partial charge in [-0.25, -0.2) is 14.2 Å². The predicted molar refractivity (Wildman–Crippen MR) is 104 cm³/mol. The molecule has 0 saturated carbocycles. The Morgan fingerprint density at radius 3 is 2.92 bits per heavy atom. The number of thiophene rings is 1. The highest BCUT2D eigenvalue weighted by molar-refractivity contribution is 7.23. The molecule has 1 aliphatic carbocycles. The van der Waals surface area contributed by atoms with Crippen LogP contribution in [0, 0.1) is 5.82 Å². The molecule has 0 aliphatic heterocycles. The number of aryl methyl sites for hydroxylation is 1. The Morgan fingerprint density at radius 1 is 1.27 bits per heavy atom. The molecule has 0 bridgehead atoms. The number of carbonyl (C=O) groups excluding carboxylic acids is 1. The Labute approximate surface area is 159 Å². The van der Waals surface area contributed by atoms with Crippen molar-refractivity contribution in [3.8, 4) is 0 Å². The number of halogens is 1. The zero-order valence-electron chi connectivity index (χ0n) is 14.4. The smallest absolute Gasteiger partial charge is 0.341 e. The Morgan fingerprint density at radius 2 is 2.12 bits per heavy atom. The first-order valence-corrected chi connectivity index (χ1v) is 10.4. The lowest BCUT2D eigenvalue weighted by molar-refractivity contribution is 0.0527. The lowest BCUT2D eigenvalue weighted by Crippen LogP contribution is -2.09. The van der Waals surface area contributed by atoms with E-state index < -0.39 is 0 Å². The number of ether oxygens (including phenoxy) is 1. The lowest BCUT2D eigenvalue weighted by Gasteiger charge is -2.07. The highest BCUT2D eigenvalue weighted by Gasteiger charge is 2.26. The predicted octanol–water partition coefficient (Wildman–Crippen LogP) is 5.69. The molecular formula is C19H19FN2O2S2. The van der Waals surface area contributed by atoms with Gasteiger partial charge in [-0.1, -0.05) is 23.8 Å². The van der Waals surface area contributed by atoms with Crippen LogP contribution in [0.15, 0.2) is 18.2 Å². The number of hydrogen-bond acceptors (Lipinski definition) is 6. The molecule has 136 valence electrons. The minimum Gasteiger partial charge on any atom is -0.462 e. The summed E-state index contributed by atoms with van der Waals surface area (Å²) in [7, 11) is 0. The van der Waals surface area contributed by atoms with Crippen molar-refractivity contribution in [1.29, 1.82) is 0 Å². The maximum absolute atomic E-state index is 13.9. The van der Waals surface area contributed by atoms with Crippen molar-refractivity contribution in [2.75, 3.05) is 11.9 Å². The number of nitrogens with one attached hydrogen (secondary N) is 1. The van der Waals surface area contributed by atoms with E-state index in [0.29, 0.717) is 22.8 Å². The van der Waals surface area contributed by atoms with Crippen LogP contribution in [-0.2, 0) is 17.6 Å². The molecule has 1 aromatic carbocycles. The molecule has 0 unspecified atom stereocenters. The van der Waals surface area contributed by atoms with Gasteiger partial charge in [-0.2, -0.15) is 0 Å². The van der Waals surface area contributed by atoms with E-state index in [2.05, 4.69) is 10.3 Å². The fraction of sp³-hybridized carbons (Fsp3) is 0.368. The fourth-order valence-corrected chi connectivity index (χ4v) is 5.54. The van der Waals surface area contributed by atoms with E-state index in [1.807, 2.05) is 13.0 Å². The molecule has 0 saturated heterocycles. The maximum Gasteiger partial charge on any atom is 0.341 e. The Balaban J connectivity index is 1.74. The average molecular weight is 391 g/mol. The number of aromatic nitrogens is 1. The molecule has 2 aromatic heterocycles. The van der Waals surface area contributed by atoms with Crippen molar-refractivity contribution >= 4 is 49.0 Å². The van der Waals surface area contributed by atoms with E-state index in [-0.39, 0.29) is 11.8 Å². The molecule has 1 N–H and O–H groups in total. The van der Waals surface area contributed by atoms with Crippen LogP contribution in [0.4, 0.5) is 14.5 Å². The van der Waals surface area contributed by atoms with E-state index in [0.717, 1.165) is 40.9 Å². The standard InChI is InChI=1S/C19H19FN2O2S2/c1-2-24-18(23)15-11-7-4-3-5-9-13(11)25-17(15)22-19-21-16-12(20)8-6-10-14(16)26-19/h6,8,10H,2-5,7,9H2,1H3,(H,21,22). The summed E-state index contributed by atoms with van der Waals surface area (Å²) in [6, 6.07) is 4.93. The Bertz CT molecular complexity index is 964. The largest absolute Gasteiger partial charge is 0.462 e. The fourth-order valence-electron chi connectivity index (χ4n) is 3.32. The van der Waals surface area contributed by atoms with Gasteiger partial charge in [0.2, 0.25) is 0 Å². The molecule has 0 atom stereocenters. The van der Waals surface area contributed by atoms with Gasteiger partial charge in [-0.15, -0.1) is 11.3 Å². The molecule has 7 heteroatoms. The first kappa shape index (κ1) is 17.4. The molecule has 0 amide bonds. The van der Waals surface area contributed by atoms with Gasteiger partial charge in [0.15, 0.2) is 5.13 Å². The number of carbonyl (C=O) groups is 1. The summed E-state index contributed by atoms with van der Waals surface area (Å²) in [6.07, 6.45) is 5.30. The van der Waals surface area contributed by atoms with Gasteiger partial charge >= 0.3 is 5.97 Å². The normalized spacial score (nSPS) is 14.1. The molecule has 4 rings (SSSR count). The van der Waals surface area contributed by atoms with Gasteiger partial charge in [-0.3, -0.25) is 0 Å². The SMILES string of the molecule is CCOC(=O)c1c(Nc2nc3c(F)cccc3s2)sc2c1CCCCC2. The van der Waals surface area contributed by atoms with Gasteiger partial charge in [0.25, 0.3) is 0 Å². The lowest BCUT2D eigenvalue weighted by atomic mass is 10.1. The highest BCUT2D eigenvalue weighted by Crippen LogP contribution is 2.40. The molecule has 26 heavy (non-hydrogen) atoms. The third-order valence-corrected chi connectivity index (χ3v) is 6.63. The van der Waals surface area contributed by atoms with Crippen molar-refractivity contribution in [3.05, 3.63) is 40.0 Å². The third kappa shape index (κ3) is 3.21. The van der Waals surface area contributed by atoms with Crippen LogP contribution in [0.3, 0.4) is 0 Å². The van der Waals surface area contributed by atoms with Crippen molar-refractivity contribution in [2.45, 2.75) is 39.0 Å². The van der Waals surface area contributed by atoms with Crippen molar-refractivity contribution in [2.24, 2.45) is 0 Å². The first-order chi connectivity index (χ1) is 12.7. The quantitative estimate of drug-likeness (QED) is 0.459. The third-order valence-electron chi connectivity index (χ3n) is 4.49. The number of nitrogens with zero attached hydrogens (tertiary/aromatic N) is 1. The summed E-state index contributed by atoms with van der Waals surface area (Å²) in [6.45, 7) is 2.15. The Kier molecular flexibility index (Phi) is 4.91. The zero-order chi connectivity index (χ0) is 18.1. The second-order valence-corrected chi connectivity index (χ2v) is 8.36. The number of benzene rings is 1. The summed E-state index contributed by atoms with van der Waals surface area (Å²) in [4.78, 5) is 18.2. The number of esters is 1. The minimum absolute atomic E-state index is 0.290. The van der Waals surface area contributed by atoms with Crippen LogP contribution in [0.25, 0.3) is 10.2 Å². The average Bonchev–Trinajstić information content (AvgIpc) is 3.10. The van der Waals surface area contributed by atoms with Crippen LogP contribution >= 0.6 is 22.7 Å². The van der Waals surface area contributed by atoms with E-state index in [1.165, 1.54) is 28.7 Å².